The molecule has 8 heteroatoms. The Hall–Kier alpha value is -6.67. The molecule has 0 spiro atoms. The van der Waals surface area contributed by atoms with E-state index in [9.17, 15) is 17.6 Å². The summed E-state index contributed by atoms with van der Waals surface area (Å²) in [6, 6.07) is 40.8. The molecule has 0 amide bonds. The molecule has 0 fully saturated rings. The van der Waals surface area contributed by atoms with Crippen molar-refractivity contribution in [2.24, 2.45) is 0 Å². The third-order valence-corrected chi connectivity index (χ3v) is 12.8. The molecule has 8 rings (SSSR count). The van der Waals surface area contributed by atoms with E-state index in [0.717, 1.165) is 28.3 Å². The van der Waals surface area contributed by atoms with E-state index in [4.69, 9.17) is 4.42 Å². The molecule has 8 aromatic rings. The Balaban J connectivity index is 0.000000464. The molecule has 440 valence electrons. The molecule has 3 aromatic heterocycles. The highest BCUT2D eigenvalue weighted by Crippen LogP contribution is 2.22. The van der Waals surface area contributed by atoms with Crippen LogP contribution in [0.4, 0.5) is 17.6 Å². The number of aromatic nitrogens is 3. The van der Waals surface area contributed by atoms with E-state index in [-0.39, 0.29) is 23.1 Å². The second-order valence-electron chi connectivity index (χ2n) is 23.1. The Labute approximate surface area is 488 Å². The third-order valence-electron chi connectivity index (χ3n) is 12.8. The second-order valence-corrected chi connectivity index (χ2v) is 23.1. The maximum Gasteiger partial charge on any atom is 0.196 e. The van der Waals surface area contributed by atoms with Crippen LogP contribution in [0.1, 0.15) is 237 Å². The fraction of sp³-hybridized carbons (Fsp3) is 0.411. The molecule has 0 radical (unpaired) electrons. The van der Waals surface area contributed by atoms with Gasteiger partial charge in [0, 0.05) is 35.3 Å². The van der Waals surface area contributed by atoms with Crippen molar-refractivity contribution in [2.45, 2.75) is 200 Å². The van der Waals surface area contributed by atoms with Crippen LogP contribution >= 0.6 is 0 Å². The van der Waals surface area contributed by atoms with Gasteiger partial charge in [-0.2, -0.15) is 0 Å². The molecule has 0 atom stereocenters. The first-order valence-electron chi connectivity index (χ1n) is 28.8. The number of aryl methyl sites for hydroxylation is 5. The summed E-state index contributed by atoms with van der Waals surface area (Å²) >= 11 is 0. The summed E-state index contributed by atoms with van der Waals surface area (Å²) in [6.07, 6.45) is 7.11. The van der Waals surface area contributed by atoms with Gasteiger partial charge in [-0.3, -0.25) is 9.97 Å². The standard InChI is InChI=1S/C10H12F2.2C10H13F.C10H14.2C9H13N.C9H12.C6H9NO/c1-6(2)8-4-9(11)7(3)10(12)5-8;1-7(2)9-4-8(3)5-10(11)6-9;1-7(2)9-4-5-10(11)8(3)6-9;1-8(2)10-6-4-9(3)5-7-10;1-7(2)9-5-4-8(3)10-6-9;1-7(2)9-5-4-8(3)6-10-9;1-8(2)9-6-4-3-5-7-9;1-5(2)6-7-3-4-8-6/h4-6H,1-3H3;2*4-7H,1-3H3;4-8H,1-3H3;2*4-7H,1-3H3;3-8H,1-2H3;3-5H,1-2H3. The summed E-state index contributed by atoms with van der Waals surface area (Å²) in [5.41, 5.74) is 13.8. The molecule has 0 saturated heterocycles. The fourth-order valence-electron chi connectivity index (χ4n) is 7.07. The molecule has 0 aliphatic rings. The summed E-state index contributed by atoms with van der Waals surface area (Å²) in [5.74, 6) is 3.55. The molecular weight excluding hydrogens is 1010 g/mol. The zero-order chi connectivity index (χ0) is 61.5. The van der Waals surface area contributed by atoms with E-state index in [0.29, 0.717) is 47.0 Å². The van der Waals surface area contributed by atoms with Crippen LogP contribution in [0.2, 0.25) is 0 Å². The van der Waals surface area contributed by atoms with Gasteiger partial charge in [-0.05, 0) is 176 Å². The minimum absolute atomic E-state index is 0.0967. The van der Waals surface area contributed by atoms with E-state index < -0.39 is 11.6 Å². The summed E-state index contributed by atoms with van der Waals surface area (Å²) in [7, 11) is 0. The van der Waals surface area contributed by atoms with Gasteiger partial charge in [0.05, 0.1) is 6.20 Å². The molecule has 5 aromatic carbocycles. The Morgan fingerprint density at radius 2 is 0.827 bits per heavy atom. The highest BCUT2D eigenvalue weighted by molar-refractivity contribution is 5.29. The van der Waals surface area contributed by atoms with Gasteiger partial charge in [0.25, 0.3) is 0 Å². The smallest absolute Gasteiger partial charge is 0.196 e. The predicted octanol–water partition coefficient (Wildman–Crippen LogP) is 22.7. The van der Waals surface area contributed by atoms with Gasteiger partial charge in [0.15, 0.2) is 5.89 Å². The van der Waals surface area contributed by atoms with E-state index in [1.807, 2.05) is 78.2 Å². The average Bonchev–Trinajstić information content (AvgIpc) is 3.97. The number of oxazole rings is 1. The molecule has 0 N–H and O–H groups in total. The Kier molecular flexibility index (Phi) is 34.0. The van der Waals surface area contributed by atoms with Gasteiger partial charge in [0.1, 0.15) is 29.5 Å². The van der Waals surface area contributed by atoms with Crippen molar-refractivity contribution >= 4 is 0 Å². The lowest BCUT2D eigenvalue weighted by Gasteiger charge is -2.07. The average molecular weight is 1110 g/mol. The second kappa shape index (κ2) is 38.1. The molecule has 0 aliphatic carbocycles. The molecule has 0 unspecified atom stereocenters. The number of rotatable bonds is 8. The van der Waals surface area contributed by atoms with E-state index in [1.54, 1.807) is 31.5 Å². The van der Waals surface area contributed by atoms with Crippen molar-refractivity contribution in [3.63, 3.8) is 0 Å². The topological polar surface area (TPSA) is 51.8 Å². The van der Waals surface area contributed by atoms with Crippen LogP contribution < -0.4 is 0 Å². The van der Waals surface area contributed by atoms with Crippen molar-refractivity contribution < 1.29 is 22.0 Å². The first-order valence-corrected chi connectivity index (χ1v) is 28.8. The Bertz CT molecular complexity index is 2740. The maximum atomic E-state index is 13.0. The first-order chi connectivity index (χ1) is 37.9. The highest BCUT2D eigenvalue weighted by atomic mass is 19.1. The lowest BCUT2D eigenvalue weighted by atomic mass is 10.0. The first kappa shape index (κ1) is 72.3. The van der Waals surface area contributed by atoms with Gasteiger partial charge < -0.3 is 4.42 Å². The van der Waals surface area contributed by atoms with Crippen LogP contribution in [0.15, 0.2) is 157 Å². The van der Waals surface area contributed by atoms with E-state index in [2.05, 4.69) is 185 Å². The monoisotopic (exact) mass is 1110 g/mol. The Morgan fingerprint density at radius 3 is 1.21 bits per heavy atom. The minimum Gasteiger partial charge on any atom is -0.449 e. The number of hydrogen-bond donors (Lipinski definition) is 0. The number of pyridine rings is 2. The number of nitrogens with zero attached hydrogens (tertiary/aromatic N) is 3. The highest BCUT2D eigenvalue weighted by Gasteiger charge is 2.09. The van der Waals surface area contributed by atoms with Gasteiger partial charge >= 0.3 is 0 Å². The SMILES string of the molecule is CC(C)c1ccccc1.CC(C)c1ncco1.Cc1c(F)cc(C(C)C)cc1F.Cc1cc(C(C)C)ccc1F.Cc1cc(F)cc(C(C)C)c1.Cc1ccc(C(C)C)cc1.Cc1ccc(C(C)C)cn1.Cc1ccc(C(C)C)nc1. The van der Waals surface area contributed by atoms with Crippen LogP contribution in [0.5, 0.6) is 0 Å². The van der Waals surface area contributed by atoms with Crippen molar-refractivity contribution in [1.82, 2.24) is 15.0 Å². The maximum absolute atomic E-state index is 13.0. The summed E-state index contributed by atoms with van der Waals surface area (Å²) < 4.78 is 56.5. The van der Waals surface area contributed by atoms with Crippen LogP contribution in [0.3, 0.4) is 0 Å². The Morgan fingerprint density at radius 1 is 0.346 bits per heavy atom. The number of benzene rings is 5. The zero-order valence-corrected chi connectivity index (χ0v) is 53.3. The molecule has 81 heavy (non-hydrogen) atoms. The third kappa shape index (κ3) is 30.1. The largest absolute Gasteiger partial charge is 0.449 e. The van der Waals surface area contributed by atoms with Crippen molar-refractivity contribution in [3.8, 4) is 0 Å². The van der Waals surface area contributed by atoms with Gasteiger partial charge in [-0.15, -0.1) is 0 Å². The summed E-state index contributed by atoms with van der Waals surface area (Å²) in [6.45, 7) is 45.0. The van der Waals surface area contributed by atoms with Crippen LogP contribution in [0.25, 0.3) is 0 Å². The molecular formula is C73H99F4N3O. The fourth-order valence-corrected chi connectivity index (χ4v) is 7.07. The molecule has 0 bridgehead atoms. The quantitative estimate of drug-likeness (QED) is 0.142. The number of hydrogen-bond acceptors (Lipinski definition) is 4. The normalized spacial score (nSPS) is 10.5. The lowest BCUT2D eigenvalue weighted by molar-refractivity contribution is 0.471. The van der Waals surface area contributed by atoms with Crippen LogP contribution in [-0.4, -0.2) is 15.0 Å². The zero-order valence-electron chi connectivity index (χ0n) is 53.3. The van der Waals surface area contributed by atoms with Crippen molar-refractivity contribution in [1.29, 1.82) is 0 Å². The minimum atomic E-state index is -0.460. The van der Waals surface area contributed by atoms with Crippen LogP contribution in [0, 0.1) is 64.8 Å². The van der Waals surface area contributed by atoms with Crippen LogP contribution in [-0.2, 0) is 0 Å². The van der Waals surface area contributed by atoms with Gasteiger partial charge in [0.2, 0.25) is 0 Å². The van der Waals surface area contributed by atoms with Gasteiger partial charge in [-0.1, -0.05) is 201 Å². The molecule has 0 saturated carbocycles. The molecule has 3 heterocycles. The van der Waals surface area contributed by atoms with Crippen molar-refractivity contribution in [2.75, 3.05) is 0 Å². The molecule has 0 aliphatic heterocycles. The van der Waals surface area contributed by atoms with E-state index in [1.165, 1.54) is 64.2 Å². The molecule has 4 nitrogen and oxygen atoms in total. The van der Waals surface area contributed by atoms with Crippen molar-refractivity contribution in [3.05, 3.63) is 254 Å². The lowest BCUT2D eigenvalue weighted by Crippen LogP contribution is -1.94. The summed E-state index contributed by atoms with van der Waals surface area (Å²) in [5, 5.41) is 0. The predicted molar refractivity (Wildman–Crippen MR) is 338 cm³/mol. The van der Waals surface area contributed by atoms with E-state index >= 15 is 0 Å². The van der Waals surface area contributed by atoms with Gasteiger partial charge in [-0.25, -0.2) is 22.5 Å². The summed E-state index contributed by atoms with van der Waals surface area (Å²) in [4.78, 5) is 12.4. The number of halogens is 4.